The van der Waals surface area contributed by atoms with E-state index in [2.05, 4.69) is 4.98 Å². The molecule has 1 aromatic heterocycles. The molecule has 1 fully saturated rings. The second kappa shape index (κ2) is 8.04. The van der Waals surface area contributed by atoms with Gasteiger partial charge < -0.3 is 19.5 Å². The zero-order valence-corrected chi connectivity index (χ0v) is 15.9. The summed E-state index contributed by atoms with van der Waals surface area (Å²) in [6.45, 7) is 9.98. The number of likely N-dealkylation sites (tertiary alicyclic amines) is 1. The standard InChI is InChI=1S/C19H30N2O4/c1-13(2)24-16-9-10-20-12-14(16)17(22)15-8-6-7-11-21(15)18(23)25-19(3,4)5/h9-10,12-13,15,17,22H,6-8,11H2,1-5H3/t15-,17?/m1/s1. The van der Waals surface area contributed by atoms with Gasteiger partial charge in [-0.25, -0.2) is 4.79 Å². The first-order valence-corrected chi connectivity index (χ1v) is 8.97. The summed E-state index contributed by atoms with van der Waals surface area (Å²) in [6.07, 6.45) is 4.58. The van der Waals surface area contributed by atoms with E-state index in [1.165, 1.54) is 0 Å². The Morgan fingerprint density at radius 2 is 2.08 bits per heavy atom. The second-order valence-electron chi connectivity index (χ2n) is 7.76. The molecule has 1 saturated heterocycles. The minimum Gasteiger partial charge on any atom is -0.491 e. The van der Waals surface area contributed by atoms with Crippen LogP contribution in [0.4, 0.5) is 4.79 Å². The van der Waals surface area contributed by atoms with Gasteiger partial charge in [0.1, 0.15) is 17.5 Å². The van der Waals surface area contributed by atoms with Crippen LogP contribution < -0.4 is 4.74 Å². The predicted octanol–water partition coefficient (Wildman–Crippen LogP) is 3.69. The summed E-state index contributed by atoms with van der Waals surface area (Å²) in [7, 11) is 0. The Morgan fingerprint density at radius 3 is 2.72 bits per heavy atom. The Morgan fingerprint density at radius 1 is 1.36 bits per heavy atom. The molecule has 2 atom stereocenters. The lowest BCUT2D eigenvalue weighted by molar-refractivity contribution is -0.0176. The van der Waals surface area contributed by atoms with E-state index in [1.54, 1.807) is 23.4 Å². The van der Waals surface area contributed by atoms with Gasteiger partial charge in [0.2, 0.25) is 0 Å². The van der Waals surface area contributed by atoms with Gasteiger partial charge in [-0.3, -0.25) is 4.98 Å². The fraction of sp³-hybridized carbons (Fsp3) is 0.684. The highest BCUT2D eigenvalue weighted by molar-refractivity contribution is 5.69. The monoisotopic (exact) mass is 350 g/mol. The number of amides is 1. The molecule has 2 heterocycles. The van der Waals surface area contributed by atoms with Gasteiger partial charge >= 0.3 is 6.09 Å². The van der Waals surface area contributed by atoms with Crippen molar-refractivity contribution in [1.29, 1.82) is 0 Å². The Labute approximate surface area is 150 Å². The molecule has 6 nitrogen and oxygen atoms in total. The van der Waals surface area contributed by atoms with Crippen LogP contribution in [0, 0.1) is 0 Å². The van der Waals surface area contributed by atoms with Crippen molar-refractivity contribution in [2.45, 2.75) is 77.7 Å². The average molecular weight is 350 g/mol. The van der Waals surface area contributed by atoms with Crippen LogP contribution in [0.15, 0.2) is 18.5 Å². The number of aliphatic hydroxyl groups is 1. The normalized spacial score (nSPS) is 19.6. The number of nitrogens with zero attached hydrogens (tertiary/aromatic N) is 2. The summed E-state index contributed by atoms with van der Waals surface area (Å²) in [5, 5.41) is 11.0. The molecule has 1 unspecified atom stereocenters. The first-order chi connectivity index (χ1) is 11.7. The molecule has 1 amide bonds. The molecular formula is C19H30N2O4. The summed E-state index contributed by atoms with van der Waals surface area (Å²) in [6, 6.07) is 1.40. The number of hydrogen-bond acceptors (Lipinski definition) is 5. The number of ether oxygens (including phenoxy) is 2. The number of rotatable bonds is 4. The fourth-order valence-corrected chi connectivity index (χ4v) is 3.02. The molecule has 1 N–H and O–H groups in total. The van der Waals surface area contributed by atoms with E-state index < -0.39 is 11.7 Å². The SMILES string of the molecule is CC(C)Oc1ccncc1C(O)[C@H]1CCCCN1C(=O)OC(C)(C)C. The van der Waals surface area contributed by atoms with Crippen molar-refractivity contribution in [3.05, 3.63) is 24.0 Å². The summed E-state index contributed by atoms with van der Waals surface area (Å²) in [4.78, 5) is 18.3. The minimum absolute atomic E-state index is 0.0123. The maximum absolute atomic E-state index is 12.6. The Bertz CT molecular complexity index is 583. The van der Waals surface area contributed by atoms with Crippen molar-refractivity contribution in [2.24, 2.45) is 0 Å². The molecule has 6 heteroatoms. The van der Waals surface area contributed by atoms with Gasteiger partial charge in [-0.1, -0.05) is 0 Å². The molecule has 0 aliphatic carbocycles. The van der Waals surface area contributed by atoms with E-state index in [0.717, 1.165) is 19.3 Å². The lowest BCUT2D eigenvalue weighted by Gasteiger charge is -2.39. The number of carbonyl (C=O) groups excluding carboxylic acids is 1. The van der Waals surface area contributed by atoms with Crippen molar-refractivity contribution >= 4 is 6.09 Å². The van der Waals surface area contributed by atoms with Crippen molar-refractivity contribution in [3.8, 4) is 5.75 Å². The Hall–Kier alpha value is -1.82. The van der Waals surface area contributed by atoms with Crippen LogP contribution in [-0.2, 0) is 4.74 Å². The number of hydrogen-bond donors (Lipinski definition) is 1. The highest BCUT2D eigenvalue weighted by atomic mass is 16.6. The molecule has 0 aromatic carbocycles. The van der Waals surface area contributed by atoms with Crippen LogP contribution >= 0.6 is 0 Å². The molecule has 1 aromatic rings. The quantitative estimate of drug-likeness (QED) is 0.896. The van der Waals surface area contributed by atoms with Crippen LogP contribution in [-0.4, -0.2) is 45.4 Å². The van der Waals surface area contributed by atoms with E-state index in [0.29, 0.717) is 17.9 Å². The van der Waals surface area contributed by atoms with E-state index in [9.17, 15) is 9.90 Å². The molecule has 0 spiro atoms. The Kier molecular flexibility index (Phi) is 6.27. The lowest BCUT2D eigenvalue weighted by Crippen LogP contribution is -2.48. The summed E-state index contributed by atoms with van der Waals surface area (Å²) in [5.41, 5.74) is 0.0428. The third-order valence-corrected chi connectivity index (χ3v) is 4.03. The predicted molar refractivity (Wildman–Crippen MR) is 95.5 cm³/mol. The highest BCUT2D eigenvalue weighted by Gasteiger charge is 2.36. The Balaban J connectivity index is 2.23. The molecule has 140 valence electrons. The second-order valence-corrected chi connectivity index (χ2v) is 7.76. The molecule has 25 heavy (non-hydrogen) atoms. The van der Waals surface area contributed by atoms with Gasteiger partial charge in [0.15, 0.2) is 0 Å². The van der Waals surface area contributed by atoms with Crippen LogP contribution in [0.25, 0.3) is 0 Å². The van der Waals surface area contributed by atoms with Gasteiger partial charge in [-0.2, -0.15) is 0 Å². The van der Waals surface area contributed by atoms with Crippen LogP contribution in [0.5, 0.6) is 5.75 Å². The molecule has 1 aliphatic heterocycles. The summed E-state index contributed by atoms with van der Waals surface area (Å²) < 4.78 is 11.3. The van der Waals surface area contributed by atoms with Crippen molar-refractivity contribution in [3.63, 3.8) is 0 Å². The zero-order valence-electron chi connectivity index (χ0n) is 15.9. The number of aliphatic hydroxyl groups excluding tert-OH is 1. The molecular weight excluding hydrogens is 320 g/mol. The summed E-state index contributed by atoms with van der Waals surface area (Å²) >= 11 is 0. The highest BCUT2D eigenvalue weighted by Crippen LogP contribution is 2.34. The molecule has 0 saturated carbocycles. The first-order valence-electron chi connectivity index (χ1n) is 8.97. The first kappa shape index (κ1) is 19.5. The van der Waals surface area contributed by atoms with Crippen LogP contribution in [0.2, 0.25) is 0 Å². The summed E-state index contributed by atoms with van der Waals surface area (Å²) in [5.74, 6) is 0.604. The van der Waals surface area contributed by atoms with E-state index in [4.69, 9.17) is 9.47 Å². The topological polar surface area (TPSA) is 71.9 Å². The number of piperidine rings is 1. The smallest absolute Gasteiger partial charge is 0.410 e. The maximum Gasteiger partial charge on any atom is 0.410 e. The van der Waals surface area contributed by atoms with Gasteiger partial charge in [0.05, 0.1) is 12.1 Å². The van der Waals surface area contributed by atoms with Crippen molar-refractivity contribution < 1.29 is 19.4 Å². The maximum atomic E-state index is 12.6. The number of pyridine rings is 1. The van der Waals surface area contributed by atoms with Crippen LogP contribution in [0.1, 0.15) is 65.5 Å². The molecule has 0 radical (unpaired) electrons. The fourth-order valence-electron chi connectivity index (χ4n) is 3.02. The minimum atomic E-state index is -0.865. The number of carbonyl (C=O) groups is 1. The van der Waals surface area contributed by atoms with Crippen molar-refractivity contribution in [2.75, 3.05) is 6.54 Å². The van der Waals surface area contributed by atoms with Gasteiger partial charge in [-0.05, 0) is 59.9 Å². The van der Waals surface area contributed by atoms with Gasteiger partial charge in [-0.15, -0.1) is 0 Å². The lowest BCUT2D eigenvalue weighted by atomic mass is 9.93. The van der Waals surface area contributed by atoms with E-state index >= 15 is 0 Å². The molecule has 1 aliphatic rings. The average Bonchev–Trinajstić information content (AvgIpc) is 2.52. The third-order valence-electron chi connectivity index (χ3n) is 4.03. The third kappa shape index (κ3) is 5.33. The van der Waals surface area contributed by atoms with Gasteiger partial charge in [0, 0.05) is 24.5 Å². The van der Waals surface area contributed by atoms with Crippen LogP contribution in [0.3, 0.4) is 0 Å². The zero-order chi connectivity index (χ0) is 18.6. The van der Waals surface area contributed by atoms with E-state index in [-0.39, 0.29) is 18.2 Å². The number of aromatic nitrogens is 1. The molecule has 0 bridgehead atoms. The molecule has 2 rings (SSSR count). The van der Waals surface area contributed by atoms with E-state index in [1.807, 2.05) is 34.6 Å². The largest absolute Gasteiger partial charge is 0.491 e. The van der Waals surface area contributed by atoms with Gasteiger partial charge in [0.25, 0.3) is 0 Å². The van der Waals surface area contributed by atoms with Crippen molar-refractivity contribution in [1.82, 2.24) is 9.88 Å².